The van der Waals surface area contributed by atoms with Gasteiger partial charge in [0.1, 0.15) is 0 Å². The van der Waals surface area contributed by atoms with Crippen LogP contribution in [0.25, 0.3) is 0 Å². The number of hydrogen-bond acceptors (Lipinski definition) is 3. The van der Waals surface area contributed by atoms with Gasteiger partial charge in [-0.25, -0.2) is 4.79 Å². The van der Waals surface area contributed by atoms with Crippen LogP contribution in [0.4, 0.5) is 4.79 Å². The van der Waals surface area contributed by atoms with E-state index >= 15 is 0 Å². The maximum Gasteiger partial charge on any atom is 0.410 e. The molecule has 4 nitrogen and oxygen atoms in total. The summed E-state index contributed by atoms with van der Waals surface area (Å²) in [4.78, 5) is 13.3. The summed E-state index contributed by atoms with van der Waals surface area (Å²) in [5.74, 6) is 0. The van der Waals surface area contributed by atoms with E-state index in [0.717, 1.165) is 6.42 Å². The van der Waals surface area contributed by atoms with E-state index in [9.17, 15) is 4.79 Å². The van der Waals surface area contributed by atoms with Crippen LogP contribution in [-0.4, -0.2) is 40.9 Å². The van der Waals surface area contributed by atoms with Crippen molar-refractivity contribution < 1.29 is 14.6 Å². The number of aliphatic hydroxyl groups excluding tert-OH is 1. The van der Waals surface area contributed by atoms with Gasteiger partial charge in [0.2, 0.25) is 0 Å². The van der Waals surface area contributed by atoms with Crippen molar-refractivity contribution in [3.63, 3.8) is 0 Å². The highest BCUT2D eigenvalue weighted by atomic mass is 16.6. The molecule has 1 amide bonds. The summed E-state index contributed by atoms with van der Waals surface area (Å²) < 4.78 is 5.00. The Balaban J connectivity index is 2.76. The summed E-state index contributed by atoms with van der Waals surface area (Å²) in [6.45, 7) is 6.51. The number of rotatable bonds is 2. The van der Waals surface area contributed by atoms with Crippen LogP contribution in [0.5, 0.6) is 0 Å². The summed E-state index contributed by atoms with van der Waals surface area (Å²) in [6.07, 6.45) is 1.18. The molecule has 0 saturated carbocycles. The molecule has 1 N–H and O–H groups in total. The van der Waals surface area contributed by atoms with Crippen molar-refractivity contribution in [2.24, 2.45) is 0 Å². The van der Waals surface area contributed by atoms with Crippen LogP contribution in [0.1, 0.15) is 33.6 Å². The molecule has 82 valence electrons. The molecular formula is C10H19NO3. The van der Waals surface area contributed by atoms with Gasteiger partial charge in [0.05, 0.1) is 6.61 Å². The molecule has 1 unspecified atom stereocenters. The SMILES string of the molecule is CC(C)(C)N1C(=O)OCCC1CCO. The van der Waals surface area contributed by atoms with Crippen LogP contribution < -0.4 is 0 Å². The molecule has 0 aromatic rings. The number of cyclic esters (lactones) is 1. The highest BCUT2D eigenvalue weighted by Gasteiger charge is 2.36. The normalized spacial score (nSPS) is 23.6. The smallest absolute Gasteiger partial charge is 0.410 e. The second-order valence-electron chi connectivity index (χ2n) is 4.61. The second kappa shape index (κ2) is 4.17. The molecule has 1 aliphatic heterocycles. The zero-order valence-corrected chi connectivity index (χ0v) is 9.12. The first kappa shape index (κ1) is 11.3. The lowest BCUT2D eigenvalue weighted by Crippen LogP contribution is -2.55. The third-order valence-corrected chi connectivity index (χ3v) is 2.42. The van der Waals surface area contributed by atoms with Crippen molar-refractivity contribution in [2.45, 2.75) is 45.2 Å². The summed E-state index contributed by atoms with van der Waals surface area (Å²) in [6, 6.07) is 0.112. The molecule has 1 atom stereocenters. The highest BCUT2D eigenvalue weighted by molar-refractivity contribution is 5.69. The minimum absolute atomic E-state index is 0.112. The third kappa shape index (κ3) is 2.38. The molecule has 0 aromatic heterocycles. The van der Waals surface area contributed by atoms with Crippen LogP contribution in [0.2, 0.25) is 0 Å². The van der Waals surface area contributed by atoms with E-state index in [4.69, 9.17) is 9.84 Å². The number of carbonyl (C=O) groups is 1. The van der Waals surface area contributed by atoms with E-state index in [1.165, 1.54) is 0 Å². The Kier molecular flexibility index (Phi) is 3.37. The van der Waals surface area contributed by atoms with E-state index in [2.05, 4.69) is 0 Å². The maximum atomic E-state index is 11.5. The Morgan fingerprint density at radius 3 is 2.71 bits per heavy atom. The Morgan fingerprint density at radius 2 is 2.21 bits per heavy atom. The average molecular weight is 201 g/mol. The van der Waals surface area contributed by atoms with Gasteiger partial charge in [-0.1, -0.05) is 0 Å². The minimum atomic E-state index is -0.262. The summed E-state index contributed by atoms with van der Waals surface area (Å²) >= 11 is 0. The topological polar surface area (TPSA) is 49.8 Å². The molecule has 1 rings (SSSR count). The van der Waals surface area contributed by atoms with Crippen molar-refractivity contribution in [3.8, 4) is 0 Å². The standard InChI is InChI=1S/C10H19NO3/c1-10(2,3)11-8(4-6-12)5-7-14-9(11)13/h8,12H,4-7H2,1-3H3. The molecular weight excluding hydrogens is 182 g/mol. The van der Waals surface area contributed by atoms with E-state index in [0.29, 0.717) is 13.0 Å². The van der Waals surface area contributed by atoms with Crippen molar-refractivity contribution in [2.75, 3.05) is 13.2 Å². The lowest BCUT2D eigenvalue weighted by Gasteiger charge is -2.43. The Bertz CT molecular complexity index is 208. The Labute approximate surface area is 84.8 Å². The fourth-order valence-electron chi connectivity index (χ4n) is 1.87. The lowest BCUT2D eigenvalue weighted by atomic mass is 9.99. The number of aliphatic hydroxyl groups is 1. The van der Waals surface area contributed by atoms with Gasteiger partial charge in [-0.2, -0.15) is 0 Å². The zero-order chi connectivity index (χ0) is 10.8. The van der Waals surface area contributed by atoms with Gasteiger partial charge < -0.3 is 14.7 Å². The third-order valence-electron chi connectivity index (χ3n) is 2.42. The van der Waals surface area contributed by atoms with Gasteiger partial charge in [0, 0.05) is 24.6 Å². The van der Waals surface area contributed by atoms with Gasteiger partial charge in [-0.05, 0) is 27.2 Å². The molecule has 1 fully saturated rings. The number of hydrogen-bond donors (Lipinski definition) is 1. The van der Waals surface area contributed by atoms with E-state index in [-0.39, 0.29) is 24.3 Å². The van der Waals surface area contributed by atoms with Crippen LogP contribution in [0.3, 0.4) is 0 Å². The highest BCUT2D eigenvalue weighted by Crippen LogP contribution is 2.25. The largest absolute Gasteiger partial charge is 0.449 e. The molecule has 0 radical (unpaired) electrons. The van der Waals surface area contributed by atoms with Gasteiger partial charge >= 0.3 is 6.09 Å². The zero-order valence-electron chi connectivity index (χ0n) is 9.12. The Morgan fingerprint density at radius 1 is 1.57 bits per heavy atom. The number of nitrogens with zero attached hydrogens (tertiary/aromatic N) is 1. The molecule has 0 bridgehead atoms. The van der Waals surface area contributed by atoms with E-state index in [1.54, 1.807) is 4.90 Å². The number of ether oxygens (including phenoxy) is 1. The molecule has 0 aromatic carbocycles. The summed E-state index contributed by atoms with van der Waals surface area (Å²) in [7, 11) is 0. The van der Waals surface area contributed by atoms with E-state index in [1.807, 2.05) is 20.8 Å². The predicted octanol–water partition coefficient (Wildman–Crippen LogP) is 1.38. The van der Waals surface area contributed by atoms with Crippen molar-refractivity contribution >= 4 is 6.09 Å². The van der Waals surface area contributed by atoms with Crippen LogP contribution >= 0.6 is 0 Å². The van der Waals surface area contributed by atoms with Crippen molar-refractivity contribution in [1.82, 2.24) is 4.90 Å². The summed E-state index contributed by atoms with van der Waals surface area (Å²) in [5, 5.41) is 8.91. The maximum absolute atomic E-state index is 11.5. The van der Waals surface area contributed by atoms with Crippen molar-refractivity contribution in [3.05, 3.63) is 0 Å². The predicted molar refractivity (Wildman–Crippen MR) is 53.0 cm³/mol. The fraction of sp³-hybridized carbons (Fsp3) is 0.900. The average Bonchev–Trinajstić information content (AvgIpc) is 2.02. The van der Waals surface area contributed by atoms with Crippen molar-refractivity contribution in [1.29, 1.82) is 0 Å². The van der Waals surface area contributed by atoms with Gasteiger partial charge in [-0.15, -0.1) is 0 Å². The first-order valence-electron chi connectivity index (χ1n) is 5.04. The van der Waals surface area contributed by atoms with E-state index < -0.39 is 0 Å². The molecule has 4 heteroatoms. The van der Waals surface area contributed by atoms with Crippen LogP contribution in [0.15, 0.2) is 0 Å². The summed E-state index contributed by atoms with van der Waals surface area (Å²) in [5.41, 5.74) is -0.239. The lowest BCUT2D eigenvalue weighted by molar-refractivity contribution is -0.00250. The quantitative estimate of drug-likeness (QED) is 0.734. The fourth-order valence-corrected chi connectivity index (χ4v) is 1.87. The molecule has 0 aliphatic carbocycles. The first-order valence-corrected chi connectivity index (χ1v) is 5.04. The Hall–Kier alpha value is -0.770. The van der Waals surface area contributed by atoms with Gasteiger partial charge in [0.15, 0.2) is 0 Å². The van der Waals surface area contributed by atoms with Gasteiger partial charge in [-0.3, -0.25) is 0 Å². The number of amides is 1. The van der Waals surface area contributed by atoms with Crippen LogP contribution in [-0.2, 0) is 4.74 Å². The molecule has 14 heavy (non-hydrogen) atoms. The monoisotopic (exact) mass is 201 g/mol. The first-order chi connectivity index (χ1) is 6.46. The number of carbonyl (C=O) groups excluding carboxylic acids is 1. The molecule has 1 saturated heterocycles. The van der Waals surface area contributed by atoms with Gasteiger partial charge in [0.25, 0.3) is 0 Å². The molecule has 1 aliphatic rings. The molecule has 0 spiro atoms. The second-order valence-corrected chi connectivity index (χ2v) is 4.61. The van der Waals surface area contributed by atoms with Crippen LogP contribution in [0, 0.1) is 0 Å². The minimum Gasteiger partial charge on any atom is -0.449 e. The molecule has 1 heterocycles.